The van der Waals surface area contributed by atoms with Crippen LogP contribution in [-0.4, -0.2) is 11.4 Å². The molecule has 4 heterocycles. The number of para-hydroxylation sites is 3. The molecule has 0 saturated carbocycles. The fraction of sp³-hybridized carbons (Fsp3) is 0.0612. The number of benzene rings is 8. The van der Waals surface area contributed by atoms with E-state index in [9.17, 15) is 0 Å². The largest absolute Gasteiger partial charge is 0.376 e. The monoisotopic (exact) mass is 660 g/mol. The molecule has 12 rings (SSSR count). The predicted octanol–water partition coefficient (Wildman–Crippen LogP) is 11.1. The number of fused-ring (bicyclic) bond motifs is 6. The maximum Gasteiger partial charge on any atom is 0.333 e. The lowest BCUT2D eigenvalue weighted by atomic mass is 9.43. The highest BCUT2D eigenvalue weighted by molar-refractivity contribution is 6.93. The van der Waals surface area contributed by atoms with Crippen LogP contribution >= 0.6 is 0 Å². The fourth-order valence-corrected chi connectivity index (χ4v) is 10.2. The average molecular weight is 661 g/mol. The highest BCUT2D eigenvalue weighted by Crippen LogP contribution is 2.55. The number of aromatic nitrogens is 1. The van der Waals surface area contributed by atoms with Gasteiger partial charge in [0.15, 0.2) is 0 Å². The first-order valence-corrected chi connectivity index (χ1v) is 18.4. The lowest BCUT2D eigenvalue weighted by Crippen LogP contribution is -2.61. The lowest BCUT2D eigenvalue weighted by Gasteiger charge is -2.45. The van der Waals surface area contributed by atoms with E-state index in [1.807, 2.05) is 0 Å². The Morgan fingerprint density at radius 1 is 0.519 bits per heavy atom. The van der Waals surface area contributed by atoms with Gasteiger partial charge in [0.1, 0.15) is 0 Å². The van der Waals surface area contributed by atoms with E-state index in [2.05, 4.69) is 187 Å². The summed E-state index contributed by atoms with van der Waals surface area (Å²) in [6, 6.07) is 61.2. The fourth-order valence-electron chi connectivity index (χ4n) is 10.2. The molecule has 3 aliphatic rings. The zero-order chi connectivity index (χ0) is 34.3. The van der Waals surface area contributed by atoms with Crippen molar-refractivity contribution in [2.24, 2.45) is 0 Å². The van der Waals surface area contributed by atoms with Gasteiger partial charge < -0.3 is 9.38 Å². The Balaban J connectivity index is 1.36. The van der Waals surface area contributed by atoms with Crippen LogP contribution in [0.15, 0.2) is 164 Å². The Hall–Kier alpha value is -6.32. The summed E-state index contributed by atoms with van der Waals surface area (Å²) in [6.07, 6.45) is 0. The maximum absolute atomic E-state index is 2.70. The van der Waals surface area contributed by atoms with Gasteiger partial charge in [-0.05, 0) is 91.0 Å². The molecule has 0 bridgehead atoms. The summed E-state index contributed by atoms with van der Waals surface area (Å²) in [5.41, 5.74) is 19.5. The Kier molecular flexibility index (Phi) is 5.42. The van der Waals surface area contributed by atoms with Crippen LogP contribution in [0.5, 0.6) is 0 Å². The van der Waals surface area contributed by atoms with Gasteiger partial charge in [-0.1, -0.05) is 147 Å². The summed E-state index contributed by atoms with van der Waals surface area (Å²) < 4.78 is 2.70. The van der Waals surface area contributed by atoms with Crippen LogP contribution in [0.3, 0.4) is 0 Å². The highest BCUT2D eigenvalue weighted by Gasteiger charge is 2.48. The van der Waals surface area contributed by atoms with Crippen molar-refractivity contribution in [1.82, 2.24) is 4.57 Å². The second-order valence-electron chi connectivity index (χ2n) is 15.2. The van der Waals surface area contributed by atoms with Gasteiger partial charge in [0.25, 0.3) is 0 Å². The smallest absolute Gasteiger partial charge is 0.333 e. The van der Waals surface area contributed by atoms with Gasteiger partial charge in [0, 0.05) is 38.8 Å². The van der Waals surface area contributed by atoms with Crippen molar-refractivity contribution >= 4 is 61.7 Å². The van der Waals surface area contributed by atoms with Crippen molar-refractivity contribution in [3.63, 3.8) is 0 Å². The quantitative estimate of drug-likeness (QED) is 0.171. The number of hydrogen-bond acceptors (Lipinski definition) is 1. The molecule has 0 saturated heterocycles. The van der Waals surface area contributed by atoms with Crippen molar-refractivity contribution in [2.45, 2.75) is 19.3 Å². The van der Waals surface area contributed by atoms with E-state index < -0.39 is 0 Å². The lowest BCUT2D eigenvalue weighted by molar-refractivity contribution is 0.637. The average Bonchev–Trinajstić information content (AvgIpc) is 3.54. The van der Waals surface area contributed by atoms with Crippen molar-refractivity contribution in [3.05, 3.63) is 175 Å². The van der Waals surface area contributed by atoms with Crippen LogP contribution in [0, 0.1) is 0 Å². The molecule has 8 aromatic carbocycles. The Bertz CT molecular complexity index is 2990. The zero-order valence-corrected chi connectivity index (χ0v) is 29.1. The Morgan fingerprint density at radius 3 is 2.04 bits per heavy atom. The van der Waals surface area contributed by atoms with Gasteiger partial charge >= 0.3 is 6.85 Å². The van der Waals surface area contributed by atoms with Crippen molar-refractivity contribution in [3.8, 4) is 39.1 Å². The normalized spacial score (nSPS) is 14.4. The van der Waals surface area contributed by atoms with Gasteiger partial charge in [-0.25, -0.2) is 0 Å². The molecule has 0 atom stereocenters. The predicted molar refractivity (Wildman–Crippen MR) is 220 cm³/mol. The highest BCUT2D eigenvalue weighted by atomic mass is 15.1. The van der Waals surface area contributed by atoms with E-state index in [1.54, 1.807) is 0 Å². The molecule has 3 heteroatoms. The van der Waals surface area contributed by atoms with E-state index in [0.29, 0.717) is 0 Å². The molecule has 9 aromatic rings. The van der Waals surface area contributed by atoms with E-state index >= 15 is 0 Å². The van der Waals surface area contributed by atoms with Crippen molar-refractivity contribution in [1.29, 1.82) is 0 Å². The first kappa shape index (κ1) is 28.4. The van der Waals surface area contributed by atoms with Crippen LogP contribution in [0.4, 0.5) is 11.4 Å². The van der Waals surface area contributed by atoms with E-state index in [0.717, 1.165) is 0 Å². The van der Waals surface area contributed by atoms with Crippen LogP contribution in [0.25, 0.3) is 71.6 Å². The minimum absolute atomic E-state index is 0.00625. The molecule has 0 amide bonds. The summed E-state index contributed by atoms with van der Waals surface area (Å²) >= 11 is 0. The Morgan fingerprint density at radius 2 is 1.21 bits per heavy atom. The molecule has 0 unspecified atom stereocenters. The third-order valence-corrected chi connectivity index (χ3v) is 12.3. The molecule has 52 heavy (non-hydrogen) atoms. The molecular weight excluding hydrogens is 627 g/mol. The number of nitrogens with zero attached hydrogens (tertiary/aromatic N) is 2. The van der Waals surface area contributed by atoms with Gasteiger partial charge in [-0.15, -0.1) is 0 Å². The second kappa shape index (κ2) is 9.93. The van der Waals surface area contributed by atoms with E-state index in [-0.39, 0.29) is 12.3 Å². The SMILES string of the molecule is CC1(C)c2cccc3c2-n2c4c1c1ccccc1cc4c1c(-c4ccccc4-c4ccccc4)cc4c(c12)B3N(c1ccccc1)c1ccccc1-4. The van der Waals surface area contributed by atoms with Crippen molar-refractivity contribution < 1.29 is 0 Å². The second-order valence-corrected chi connectivity index (χ2v) is 15.2. The minimum atomic E-state index is -0.221. The molecule has 0 radical (unpaired) electrons. The first-order valence-electron chi connectivity index (χ1n) is 18.4. The zero-order valence-electron chi connectivity index (χ0n) is 29.1. The van der Waals surface area contributed by atoms with Crippen LogP contribution < -0.4 is 15.7 Å². The van der Waals surface area contributed by atoms with Crippen LogP contribution in [0.2, 0.25) is 0 Å². The van der Waals surface area contributed by atoms with Crippen LogP contribution in [-0.2, 0) is 5.41 Å². The molecule has 2 nitrogen and oxygen atoms in total. The summed E-state index contributed by atoms with van der Waals surface area (Å²) in [7, 11) is 0. The molecular formula is C49H33BN2. The molecule has 0 spiro atoms. The summed E-state index contributed by atoms with van der Waals surface area (Å²) in [5, 5.41) is 5.32. The third kappa shape index (κ3) is 3.41. The maximum atomic E-state index is 2.70. The van der Waals surface area contributed by atoms with E-state index in [4.69, 9.17) is 0 Å². The molecule has 0 aliphatic carbocycles. The molecule has 1 aromatic heterocycles. The Labute approximate surface area is 303 Å². The minimum Gasteiger partial charge on any atom is -0.376 e. The van der Waals surface area contributed by atoms with Gasteiger partial charge in [-0.2, -0.15) is 0 Å². The van der Waals surface area contributed by atoms with Gasteiger partial charge in [0.05, 0.1) is 11.0 Å². The number of hydrogen-bond donors (Lipinski definition) is 0. The van der Waals surface area contributed by atoms with Crippen molar-refractivity contribution in [2.75, 3.05) is 4.81 Å². The third-order valence-electron chi connectivity index (χ3n) is 12.3. The summed E-state index contributed by atoms with van der Waals surface area (Å²) in [4.78, 5) is 2.62. The topological polar surface area (TPSA) is 8.17 Å². The number of anilines is 2. The van der Waals surface area contributed by atoms with Crippen LogP contribution in [0.1, 0.15) is 25.0 Å². The summed E-state index contributed by atoms with van der Waals surface area (Å²) in [6.45, 7) is 4.90. The van der Waals surface area contributed by atoms with Gasteiger partial charge in [0.2, 0.25) is 0 Å². The van der Waals surface area contributed by atoms with Gasteiger partial charge in [-0.3, -0.25) is 0 Å². The number of rotatable bonds is 3. The molecule has 0 fully saturated rings. The van der Waals surface area contributed by atoms with E-state index in [1.165, 1.54) is 105 Å². The first-order chi connectivity index (χ1) is 25.6. The summed E-state index contributed by atoms with van der Waals surface area (Å²) in [5.74, 6) is 0. The molecule has 0 N–H and O–H groups in total. The molecule has 242 valence electrons. The standard InChI is InChI=1S/C49H33BN2/c1-49(2)40-25-15-26-41-47(40)51-46-39(28-31-18-9-10-22-34(31)44(46)49)43-37(35-23-12-11-21-33(35)30-16-5-3-6-17-30)29-38-36-24-13-14-27-42(36)52(32-19-7-4-8-20-32)50(41)45(38)48(43)51/h3-29H,1-2H3. The molecule has 3 aliphatic heterocycles.